The van der Waals surface area contributed by atoms with Crippen molar-refractivity contribution in [3.05, 3.63) is 36.0 Å². The van der Waals surface area contributed by atoms with E-state index in [0.717, 1.165) is 18.9 Å². The molecule has 5 heteroatoms. The second-order valence-electron chi connectivity index (χ2n) is 4.60. The van der Waals surface area contributed by atoms with Gasteiger partial charge in [-0.3, -0.25) is 0 Å². The van der Waals surface area contributed by atoms with Gasteiger partial charge in [-0.2, -0.15) is 0 Å². The highest BCUT2D eigenvalue weighted by Gasteiger charge is 2.41. The minimum absolute atomic E-state index is 0.325. The molecule has 2 aliphatic rings. The number of hydrogen-bond acceptors (Lipinski definition) is 5. The van der Waals surface area contributed by atoms with Crippen molar-refractivity contribution in [2.24, 2.45) is 0 Å². The van der Waals surface area contributed by atoms with E-state index < -0.39 is 0 Å². The summed E-state index contributed by atoms with van der Waals surface area (Å²) in [4.78, 5) is 17.9. The summed E-state index contributed by atoms with van der Waals surface area (Å²) >= 11 is 0. The zero-order chi connectivity index (χ0) is 12.7. The quantitative estimate of drug-likeness (QED) is 0.610. The molecule has 0 radical (unpaired) electrons. The van der Waals surface area contributed by atoms with Crippen LogP contribution in [0, 0.1) is 0 Å². The van der Waals surface area contributed by atoms with E-state index in [9.17, 15) is 4.79 Å². The molecule has 3 heterocycles. The molecule has 0 aromatic carbocycles. The van der Waals surface area contributed by atoms with Gasteiger partial charge in [-0.1, -0.05) is 6.58 Å². The zero-order valence-corrected chi connectivity index (χ0v) is 10.2. The number of methoxy groups -OCH3 is 1. The molecule has 2 atom stereocenters. The molecule has 2 fully saturated rings. The number of esters is 1. The average molecular weight is 245 g/mol. The monoisotopic (exact) mass is 245 g/mol. The molecule has 2 bridgehead atoms. The van der Waals surface area contributed by atoms with Crippen LogP contribution in [-0.2, 0) is 4.74 Å². The second kappa shape index (κ2) is 4.10. The number of anilines is 1. The molecule has 3 rings (SSSR count). The van der Waals surface area contributed by atoms with Gasteiger partial charge in [-0.15, -0.1) is 0 Å². The van der Waals surface area contributed by atoms with Crippen LogP contribution in [0.5, 0.6) is 0 Å². The fraction of sp³-hybridized carbons (Fsp3) is 0.385. The number of nitrogens with zero attached hydrogens (tertiary/aromatic N) is 2. The predicted octanol–water partition coefficient (Wildman–Crippen LogP) is 0.585. The number of carbonyl (C=O) groups is 1. The molecule has 2 aliphatic heterocycles. The minimum atomic E-state index is -0.358. The van der Waals surface area contributed by atoms with Crippen molar-refractivity contribution in [1.29, 1.82) is 0 Å². The number of hydrogen-bond donors (Lipinski definition) is 1. The van der Waals surface area contributed by atoms with Crippen LogP contribution in [0.3, 0.4) is 0 Å². The Balaban J connectivity index is 1.82. The van der Waals surface area contributed by atoms with E-state index in [1.165, 1.54) is 12.7 Å². The molecule has 5 nitrogen and oxygen atoms in total. The SMILES string of the molecule is C=C1[C@H]2CN[C@@H]1CN2c1ccc(C(=O)OC)cn1. The third-order valence-electron chi connectivity index (χ3n) is 3.65. The number of pyridine rings is 1. The predicted molar refractivity (Wildman–Crippen MR) is 67.6 cm³/mol. The summed E-state index contributed by atoms with van der Waals surface area (Å²) in [6.45, 7) is 5.92. The Labute approximate surface area is 105 Å². The fourth-order valence-corrected chi connectivity index (χ4v) is 2.61. The van der Waals surface area contributed by atoms with E-state index in [4.69, 9.17) is 0 Å². The Bertz CT molecular complexity index is 497. The van der Waals surface area contributed by atoms with Crippen LogP contribution in [0.15, 0.2) is 30.5 Å². The molecule has 1 aromatic rings. The third-order valence-corrected chi connectivity index (χ3v) is 3.65. The molecule has 18 heavy (non-hydrogen) atoms. The standard InChI is InChI=1S/C13H15N3O2/c1-8-10-7-16(11(8)6-14-10)12-4-3-9(5-15-12)13(17)18-2/h3-5,10-11,14H,1,6-7H2,2H3/t10-,11-/m1/s1. The van der Waals surface area contributed by atoms with Crippen LogP contribution in [0.25, 0.3) is 0 Å². The Kier molecular flexibility index (Phi) is 2.56. The molecule has 2 saturated heterocycles. The number of aromatic nitrogens is 1. The molecular formula is C13H15N3O2. The first-order chi connectivity index (χ1) is 8.70. The van der Waals surface area contributed by atoms with E-state index in [1.54, 1.807) is 12.3 Å². The molecule has 1 aromatic heterocycles. The van der Waals surface area contributed by atoms with Crippen molar-refractivity contribution >= 4 is 11.8 Å². The first-order valence-electron chi connectivity index (χ1n) is 5.94. The highest BCUT2D eigenvalue weighted by molar-refractivity contribution is 5.89. The van der Waals surface area contributed by atoms with E-state index in [0.29, 0.717) is 17.6 Å². The molecule has 0 aliphatic carbocycles. The summed E-state index contributed by atoms with van der Waals surface area (Å²) in [5.74, 6) is 0.529. The van der Waals surface area contributed by atoms with Crippen LogP contribution in [0.2, 0.25) is 0 Å². The van der Waals surface area contributed by atoms with Gasteiger partial charge < -0.3 is 15.0 Å². The number of ether oxygens (including phenoxy) is 1. The number of nitrogens with one attached hydrogen (secondary N) is 1. The number of piperazine rings is 1. The number of fused-ring (bicyclic) bond motifs is 2. The molecule has 94 valence electrons. The summed E-state index contributed by atoms with van der Waals surface area (Å²) in [5, 5.41) is 3.40. The average Bonchev–Trinajstić information content (AvgIpc) is 2.93. The van der Waals surface area contributed by atoms with E-state index >= 15 is 0 Å². The topological polar surface area (TPSA) is 54.5 Å². The summed E-state index contributed by atoms with van der Waals surface area (Å²) in [6.07, 6.45) is 1.56. The minimum Gasteiger partial charge on any atom is -0.465 e. The van der Waals surface area contributed by atoms with Crippen molar-refractivity contribution in [3.8, 4) is 0 Å². The van der Waals surface area contributed by atoms with Crippen molar-refractivity contribution in [2.45, 2.75) is 12.1 Å². The second-order valence-corrected chi connectivity index (χ2v) is 4.60. The summed E-state index contributed by atoms with van der Waals surface area (Å²) < 4.78 is 4.65. The summed E-state index contributed by atoms with van der Waals surface area (Å²) in [7, 11) is 1.37. The largest absolute Gasteiger partial charge is 0.465 e. The summed E-state index contributed by atoms with van der Waals surface area (Å²) in [5.41, 5.74) is 1.71. The lowest BCUT2D eigenvalue weighted by Gasteiger charge is -2.27. The number of rotatable bonds is 2. The smallest absolute Gasteiger partial charge is 0.339 e. The van der Waals surface area contributed by atoms with Gasteiger partial charge in [0.2, 0.25) is 0 Å². The molecule has 0 unspecified atom stereocenters. The van der Waals surface area contributed by atoms with Crippen LogP contribution in [-0.4, -0.2) is 43.2 Å². The van der Waals surface area contributed by atoms with Gasteiger partial charge in [0.05, 0.1) is 18.7 Å². The van der Waals surface area contributed by atoms with E-state index in [2.05, 4.69) is 26.5 Å². The summed E-state index contributed by atoms with van der Waals surface area (Å²) in [6, 6.07) is 4.31. The molecule has 1 N–H and O–H groups in total. The first-order valence-corrected chi connectivity index (χ1v) is 5.94. The maximum Gasteiger partial charge on any atom is 0.339 e. The van der Waals surface area contributed by atoms with Crippen LogP contribution >= 0.6 is 0 Å². The van der Waals surface area contributed by atoms with Crippen molar-refractivity contribution in [1.82, 2.24) is 10.3 Å². The van der Waals surface area contributed by atoms with Crippen LogP contribution in [0.1, 0.15) is 10.4 Å². The Morgan fingerprint density at radius 3 is 2.94 bits per heavy atom. The van der Waals surface area contributed by atoms with Gasteiger partial charge in [0.25, 0.3) is 0 Å². The van der Waals surface area contributed by atoms with Gasteiger partial charge >= 0.3 is 5.97 Å². The third kappa shape index (κ3) is 1.59. The van der Waals surface area contributed by atoms with Crippen molar-refractivity contribution in [3.63, 3.8) is 0 Å². The highest BCUT2D eigenvalue weighted by Crippen LogP contribution is 2.31. The van der Waals surface area contributed by atoms with E-state index in [-0.39, 0.29) is 5.97 Å². The molecule has 0 spiro atoms. The lowest BCUT2D eigenvalue weighted by atomic mass is 10.1. The fourth-order valence-electron chi connectivity index (χ4n) is 2.61. The van der Waals surface area contributed by atoms with Gasteiger partial charge in [-0.25, -0.2) is 9.78 Å². The van der Waals surface area contributed by atoms with Gasteiger partial charge in [0.1, 0.15) is 5.82 Å². The zero-order valence-electron chi connectivity index (χ0n) is 10.2. The Morgan fingerprint density at radius 1 is 1.61 bits per heavy atom. The maximum atomic E-state index is 11.3. The first kappa shape index (κ1) is 11.2. The van der Waals surface area contributed by atoms with Crippen molar-refractivity contribution < 1.29 is 9.53 Å². The lowest BCUT2D eigenvalue weighted by Crippen LogP contribution is -2.44. The lowest BCUT2D eigenvalue weighted by molar-refractivity contribution is 0.0600. The Morgan fingerprint density at radius 2 is 2.44 bits per heavy atom. The number of carbonyl (C=O) groups excluding carboxylic acids is 1. The molecular weight excluding hydrogens is 230 g/mol. The van der Waals surface area contributed by atoms with Crippen molar-refractivity contribution in [2.75, 3.05) is 25.1 Å². The Hall–Kier alpha value is -1.88. The van der Waals surface area contributed by atoms with Gasteiger partial charge in [0, 0.05) is 25.3 Å². The maximum absolute atomic E-state index is 11.3. The van der Waals surface area contributed by atoms with Crippen LogP contribution < -0.4 is 10.2 Å². The van der Waals surface area contributed by atoms with Crippen LogP contribution in [0.4, 0.5) is 5.82 Å². The van der Waals surface area contributed by atoms with Gasteiger partial charge in [-0.05, 0) is 17.7 Å². The van der Waals surface area contributed by atoms with Gasteiger partial charge in [0.15, 0.2) is 0 Å². The highest BCUT2D eigenvalue weighted by atomic mass is 16.5. The van der Waals surface area contributed by atoms with E-state index in [1.807, 2.05) is 6.07 Å². The molecule has 0 saturated carbocycles. The molecule has 0 amide bonds. The normalized spacial score (nSPS) is 25.6.